The maximum atomic E-state index is 11.7. The van der Waals surface area contributed by atoms with Crippen LogP contribution in [0.15, 0.2) is 18.3 Å². The number of nitrogens with zero attached hydrogens (tertiary/aromatic N) is 8. The van der Waals surface area contributed by atoms with Crippen molar-refractivity contribution in [2.75, 3.05) is 48.8 Å². The monoisotopic (exact) mass is 520 g/mol. The highest BCUT2D eigenvalue weighted by atomic mass is 35.5. The van der Waals surface area contributed by atoms with E-state index in [0.29, 0.717) is 40.8 Å². The van der Waals surface area contributed by atoms with Crippen LogP contribution in [0, 0.1) is 28.1 Å². The summed E-state index contributed by atoms with van der Waals surface area (Å²) in [4.78, 5) is 24.4. The number of rotatable bonds is 7. The van der Waals surface area contributed by atoms with Gasteiger partial charge in [0.25, 0.3) is 0 Å². The van der Waals surface area contributed by atoms with Gasteiger partial charge in [-0.25, -0.2) is 4.98 Å². The van der Waals surface area contributed by atoms with E-state index in [1.807, 2.05) is 14.0 Å². The molecule has 0 radical (unpaired) electrons. The van der Waals surface area contributed by atoms with E-state index in [9.17, 15) is 15.3 Å². The number of aromatic nitrogens is 4. The Hall–Kier alpha value is -4.09. The van der Waals surface area contributed by atoms with Gasteiger partial charge in [-0.15, -0.1) is 5.10 Å². The van der Waals surface area contributed by atoms with Crippen molar-refractivity contribution < 1.29 is 4.79 Å². The lowest BCUT2D eigenvalue weighted by atomic mass is 9.79. The van der Waals surface area contributed by atoms with Crippen molar-refractivity contribution in [1.29, 1.82) is 10.5 Å². The van der Waals surface area contributed by atoms with Crippen LogP contribution in [0.25, 0.3) is 5.65 Å². The van der Waals surface area contributed by atoms with Crippen LogP contribution in [0.1, 0.15) is 44.9 Å². The van der Waals surface area contributed by atoms with Gasteiger partial charge in [-0.2, -0.15) is 20.0 Å². The fourth-order valence-electron chi connectivity index (χ4n) is 4.54. The zero-order valence-electron chi connectivity index (χ0n) is 21.3. The van der Waals surface area contributed by atoms with E-state index in [4.69, 9.17) is 11.6 Å². The van der Waals surface area contributed by atoms with Gasteiger partial charge in [0.1, 0.15) is 6.07 Å². The fourth-order valence-corrected chi connectivity index (χ4v) is 4.82. The first-order valence-electron chi connectivity index (χ1n) is 12.0. The van der Waals surface area contributed by atoms with E-state index in [1.54, 1.807) is 24.0 Å². The number of fused-ring (bicyclic) bond motifs is 1. The third-order valence-corrected chi connectivity index (χ3v) is 7.11. The maximum absolute atomic E-state index is 11.7. The number of nitrogens with one attached hydrogen (secondary N) is 2. The number of anilines is 4. The molecule has 11 nitrogen and oxygen atoms in total. The molecule has 0 atom stereocenters. The van der Waals surface area contributed by atoms with Crippen molar-refractivity contribution in [3.63, 3.8) is 0 Å². The van der Waals surface area contributed by atoms with Gasteiger partial charge in [0.2, 0.25) is 11.9 Å². The second kappa shape index (κ2) is 10.5. The Morgan fingerprint density at radius 2 is 2.00 bits per heavy atom. The first-order valence-corrected chi connectivity index (χ1v) is 12.4. The van der Waals surface area contributed by atoms with Crippen molar-refractivity contribution in [1.82, 2.24) is 24.5 Å². The number of hydrogen-bond donors (Lipinski definition) is 2. The average molecular weight is 521 g/mol. The number of hydrogen-bond acceptors (Lipinski definition) is 9. The Bertz CT molecular complexity index is 1410. The third kappa shape index (κ3) is 5.37. The molecular weight excluding hydrogens is 492 g/mol. The summed E-state index contributed by atoms with van der Waals surface area (Å²) in [5.41, 5.74) is 2.39. The largest absolute Gasteiger partial charge is 0.370 e. The summed E-state index contributed by atoms with van der Waals surface area (Å²) in [6.07, 6.45) is 3.20. The van der Waals surface area contributed by atoms with E-state index < -0.39 is 0 Å². The molecule has 2 N–H and O–H groups in total. The predicted octanol–water partition coefficient (Wildman–Crippen LogP) is 3.78. The Balaban J connectivity index is 1.63. The fraction of sp³-hybridized carbons (Fsp3) is 0.440. The molecule has 3 heterocycles. The number of carbonyl (C=O) groups is 1. The van der Waals surface area contributed by atoms with Crippen LogP contribution in [0.2, 0.25) is 5.02 Å². The second-order valence-electron chi connectivity index (χ2n) is 9.57. The summed E-state index contributed by atoms with van der Waals surface area (Å²) in [7, 11) is 1.83. The van der Waals surface area contributed by atoms with Crippen LogP contribution >= 0.6 is 11.6 Å². The van der Waals surface area contributed by atoms with E-state index in [2.05, 4.69) is 49.7 Å². The minimum Gasteiger partial charge on any atom is -0.370 e. The van der Waals surface area contributed by atoms with Gasteiger partial charge in [-0.3, -0.25) is 4.79 Å². The smallest absolute Gasteiger partial charge is 0.247 e. The van der Waals surface area contributed by atoms with Crippen molar-refractivity contribution in [3.05, 3.63) is 34.6 Å². The van der Waals surface area contributed by atoms with Crippen LogP contribution in [0.3, 0.4) is 0 Å². The van der Waals surface area contributed by atoms with Gasteiger partial charge >= 0.3 is 0 Å². The first kappa shape index (κ1) is 26.0. The highest BCUT2D eigenvalue weighted by Gasteiger charge is 2.33. The number of imidazole rings is 1. The van der Waals surface area contributed by atoms with Crippen LogP contribution in [0.4, 0.5) is 23.1 Å². The number of piperidine rings is 1. The van der Waals surface area contributed by atoms with Crippen LogP contribution in [-0.2, 0) is 4.79 Å². The summed E-state index contributed by atoms with van der Waals surface area (Å²) >= 11 is 6.87. The summed E-state index contributed by atoms with van der Waals surface area (Å²) in [6.45, 7) is 8.49. The molecule has 192 valence electrons. The third-order valence-electron chi connectivity index (χ3n) is 6.72. The van der Waals surface area contributed by atoms with E-state index in [-0.39, 0.29) is 23.0 Å². The van der Waals surface area contributed by atoms with E-state index in [1.165, 1.54) is 10.7 Å². The molecule has 1 aromatic carbocycles. The van der Waals surface area contributed by atoms with Crippen molar-refractivity contribution in [3.8, 4) is 12.1 Å². The van der Waals surface area contributed by atoms with Crippen molar-refractivity contribution in [2.24, 2.45) is 5.41 Å². The molecule has 1 amide bonds. The van der Waals surface area contributed by atoms with Gasteiger partial charge in [0.05, 0.1) is 34.2 Å². The summed E-state index contributed by atoms with van der Waals surface area (Å²) in [6, 6.07) is 7.72. The quantitative estimate of drug-likeness (QED) is 0.476. The van der Waals surface area contributed by atoms with Gasteiger partial charge in [-0.1, -0.05) is 18.5 Å². The van der Waals surface area contributed by atoms with Gasteiger partial charge in [-0.05, 0) is 37.3 Å². The van der Waals surface area contributed by atoms with Crippen LogP contribution in [-0.4, -0.2) is 63.6 Å². The summed E-state index contributed by atoms with van der Waals surface area (Å²) in [5, 5.41) is 30.3. The standard InChI is InChI=1S/C25H29ClN10O/c1-5-29-22-23-30-14-18(13-28)36(23)33-24(32-22)31-19-10-17(12-27)11-20(21(19)26)35-8-6-25(3,7-9-35)15-34(4)16(2)37/h10-11,14H,5-9,15H2,1-4H3,(H2,29,31,32,33). The van der Waals surface area contributed by atoms with Crippen LogP contribution < -0.4 is 15.5 Å². The molecule has 1 saturated heterocycles. The van der Waals surface area contributed by atoms with E-state index >= 15 is 0 Å². The predicted molar refractivity (Wildman–Crippen MR) is 142 cm³/mol. The molecule has 0 bridgehead atoms. The lowest BCUT2D eigenvalue weighted by Crippen LogP contribution is -2.45. The molecule has 0 aliphatic carbocycles. The van der Waals surface area contributed by atoms with Gasteiger partial charge < -0.3 is 20.4 Å². The molecule has 37 heavy (non-hydrogen) atoms. The van der Waals surface area contributed by atoms with Crippen molar-refractivity contribution >= 4 is 46.3 Å². The highest BCUT2D eigenvalue weighted by molar-refractivity contribution is 6.36. The molecule has 1 aliphatic rings. The second-order valence-corrected chi connectivity index (χ2v) is 9.95. The minimum absolute atomic E-state index is 0.00644. The molecule has 2 aromatic heterocycles. The Morgan fingerprint density at radius 3 is 2.62 bits per heavy atom. The molecular formula is C25H29ClN10O. The Kier molecular flexibility index (Phi) is 7.37. The maximum Gasteiger partial charge on any atom is 0.247 e. The number of halogens is 1. The molecule has 0 saturated carbocycles. The van der Waals surface area contributed by atoms with Crippen LogP contribution in [0.5, 0.6) is 0 Å². The summed E-state index contributed by atoms with van der Waals surface area (Å²) < 4.78 is 1.42. The minimum atomic E-state index is 0.00644. The number of nitriles is 2. The number of benzene rings is 1. The normalized spacial score (nSPS) is 14.6. The zero-order chi connectivity index (χ0) is 26.7. The molecule has 3 aromatic rings. The van der Waals surface area contributed by atoms with Crippen molar-refractivity contribution in [2.45, 2.75) is 33.6 Å². The first-order chi connectivity index (χ1) is 17.7. The highest BCUT2D eigenvalue weighted by Crippen LogP contribution is 2.40. The summed E-state index contributed by atoms with van der Waals surface area (Å²) in [5.74, 6) is 0.735. The number of carbonyl (C=O) groups excluding carboxylic acids is 1. The van der Waals surface area contributed by atoms with Gasteiger partial charge in [0, 0.05) is 40.2 Å². The molecule has 1 aliphatic heterocycles. The Labute approximate surface area is 220 Å². The SMILES string of the molecule is CCNc1nc(Nc2cc(C#N)cc(N3CCC(C)(CN(C)C(C)=O)CC3)c2Cl)nn2c(C#N)cnc12. The molecule has 4 rings (SSSR count). The zero-order valence-corrected chi connectivity index (χ0v) is 22.1. The lowest BCUT2D eigenvalue weighted by molar-refractivity contribution is -0.129. The topological polar surface area (TPSA) is 138 Å². The molecule has 12 heteroatoms. The lowest BCUT2D eigenvalue weighted by Gasteiger charge is -2.42. The molecule has 1 fully saturated rings. The van der Waals surface area contributed by atoms with Gasteiger partial charge in [0.15, 0.2) is 17.2 Å². The van der Waals surface area contributed by atoms with E-state index in [0.717, 1.165) is 31.6 Å². The average Bonchev–Trinajstić information content (AvgIpc) is 3.29. The number of amides is 1. The molecule has 0 spiro atoms. The Morgan fingerprint density at radius 1 is 1.27 bits per heavy atom. The molecule has 0 unspecified atom stereocenters.